The lowest BCUT2D eigenvalue weighted by molar-refractivity contribution is -0.122. The SMILES string of the molecule is CSc1ccc(C=C2SC(=O)N(CCN)C2=O)cc1. The van der Waals surface area contributed by atoms with Crippen LogP contribution < -0.4 is 5.73 Å². The topological polar surface area (TPSA) is 63.4 Å². The zero-order valence-electron chi connectivity index (χ0n) is 10.5. The van der Waals surface area contributed by atoms with E-state index in [0.29, 0.717) is 4.91 Å². The minimum absolute atomic E-state index is 0.248. The van der Waals surface area contributed by atoms with E-state index >= 15 is 0 Å². The number of amides is 2. The third-order valence-corrected chi connectivity index (χ3v) is 4.29. The van der Waals surface area contributed by atoms with Gasteiger partial charge in [-0.25, -0.2) is 0 Å². The summed E-state index contributed by atoms with van der Waals surface area (Å²) in [5.41, 5.74) is 6.30. The summed E-state index contributed by atoms with van der Waals surface area (Å²) in [4.78, 5) is 26.4. The lowest BCUT2D eigenvalue weighted by Crippen LogP contribution is -2.33. The Morgan fingerprint density at radius 3 is 2.58 bits per heavy atom. The summed E-state index contributed by atoms with van der Waals surface area (Å²) in [7, 11) is 0. The molecule has 2 amide bonds. The van der Waals surface area contributed by atoms with Gasteiger partial charge in [0, 0.05) is 18.0 Å². The maximum Gasteiger partial charge on any atom is 0.293 e. The number of hydrogen-bond donors (Lipinski definition) is 1. The van der Waals surface area contributed by atoms with Crippen molar-refractivity contribution in [2.75, 3.05) is 19.3 Å². The summed E-state index contributed by atoms with van der Waals surface area (Å²) in [6.45, 7) is 0.557. The van der Waals surface area contributed by atoms with E-state index in [1.807, 2.05) is 30.5 Å². The zero-order chi connectivity index (χ0) is 13.8. The number of imide groups is 1. The molecule has 0 unspecified atom stereocenters. The number of carbonyl (C=O) groups is 2. The van der Waals surface area contributed by atoms with Crippen molar-refractivity contribution < 1.29 is 9.59 Å². The van der Waals surface area contributed by atoms with Crippen LogP contribution in [0.4, 0.5) is 4.79 Å². The van der Waals surface area contributed by atoms with Crippen LogP contribution in [0.2, 0.25) is 0 Å². The van der Waals surface area contributed by atoms with Crippen LogP contribution in [0.15, 0.2) is 34.1 Å². The summed E-state index contributed by atoms with van der Waals surface area (Å²) in [5, 5.41) is -0.248. The first kappa shape index (κ1) is 14.2. The fourth-order valence-electron chi connectivity index (χ4n) is 1.67. The Morgan fingerprint density at radius 1 is 1.32 bits per heavy atom. The van der Waals surface area contributed by atoms with Gasteiger partial charge in [0.25, 0.3) is 11.1 Å². The molecule has 1 saturated heterocycles. The Balaban J connectivity index is 2.19. The van der Waals surface area contributed by atoms with E-state index in [2.05, 4.69) is 0 Å². The van der Waals surface area contributed by atoms with Gasteiger partial charge >= 0.3 is 0 Å². The molecule has 6 heteroatoms. The van der Waals surface area contributed by atoms with Crippen LogP contribution in [0.5, 0.6) is 0 Å². The Kier molecular flexibility index (Phi) is 4.68. The van der Waals surface area contributed by atoms with Gasteiger partial charge in [0.15, 0.2) is 0 Å². The minimum atomic E-state index is -0.255. The first-order valence-corrected chi connectivity index (χ1v) is 7.79. The third kappa shape index (κ3) is 3.20. The largest absolute Gasteiger partial charge is 0.329 e. The Morgan fingerprint density at radius 2 is 2.00 bits per heavy atom. The van der Waals surface area contributed by atoms with E-state index in [4.69, 9.17) is 5.73 Å². The van der Waals surface area contributed by atoms with Crippen molar-refractivity contribution in [3.05, 3.63) is 34.7 Å². The van der Waals surface area contributed by atoms with E-state index in [1.165, 1.54) is 4.90 Å². The molecule has 2 rings (SSSR count). The van der Waals surface area contributed by atoms with Gasteiger partial charge in [-0.15, -0.1) is 11.8 Å². The molecule has 0 bridgehead atoms. The van der Waals surface area contributed by atoms with Crippen LogP contribution in [0, 0.1) is 0 Å². The van der Waals surface area contributed by atoms with Crippen LogP contribution >= 0.6 is 23.5 Å². The number of thioether (sulfide) groups is 2. The Labute approximate surface area is 120 Å². The van der Waals surface area contributed by atoms with E-state index in [1.54, 1.807) is 17.8 Å². The average Bonchev–Trinajstić information content (AvgIpc) is 2.68. The fourth-order valence-corrected chi connectivity index (χ4v) is 2.95. The summed E-state index contributed by atoms with van der Waals surface area (Å²) in [5.74, 6) is -0.255. The summed E-state index contributed by atoms with van der Waals surface area (Å²) < 4.78 is 0. The molecule has 1 aliphatic rings. The standard InChI is InChI=1S/C13H14N2O2S2/c1-18-10-4-2-9(3-5-10)8-11-12(16)15(7-6-14)13(17)19-11/h2-5,8H,6-7,14H2,1H3. The number of nitrogens with two attached hydrogens (primary N) is 1. The summed E-state index contributed by atoms with van der Waals surface area (Å²) in [6.07, 6.45) is 3.75. The van der Waals surface area contributed by atoms with E-state index < -0.39 is 0 Å². The second-order valence-corrected chi connectivity index (χ2v) is 5.77. The van der Waals surface area contributed by atoms with Crippen molar-refractivity contribution in [3.63, 3.8) is 0 Å². The highest BCUT2D eigenvalue weighted by molar-refractivity contribution is 8.18. The molecular formula is C13H14N2O2S2. The fraction of sp³-hybridized carbons (Fsp3) is 0.231. The van der Waals surface area contributed by atoms with Crippen molar-refractivity contribution in [2.45, 2.75) is 4.90 Å². The molecule has 0 aromatic heterocycles. The Bertz CT molecular complexity index is 526. The van der Waals surface area contributed by atoms with E-state index in [9.17, 15) is 9.59 Å². The van der Waals surface area contributed by atoms with Gasteiger partial charge in [0.2, 0.25) is 0 Å². The molecular weight excluding hydrogens is 280 g/mol. The van der Waals surface area contributed by atoms with Gasteiger partial charge in [-0.3, -0.25) is 14.5 Å². The molecule has 19 heavy (non-hydrogen) atoms. The average molecular weight is 294 g/mol. The van der Waals surface area contributed by atoms with Gasteiger partial charge in [0.05, 0.1) is 4.91 Å². The lowest BCUT2D eigenvalue weighted by atomic mass is 10.2. The van der Waals surface area contributed by atoms with Gasteiger partial charge in [-0.05, 0) is 41.8 Å². The van der Waals surface area contributed by atoms with Gasteiger partial charge in [0.1, 0.15) is 0 Å². The molecule has 0 radical (unpaired) electrons. The zero-order valence-corrected chi connectivity index (χ0v) is 12.1. The second-order valence-electron chi connectivity index (χ2n) is 3.90. The summed E-state index contributed by atoms with van der Waals surface area (Å²) in [6, 6.07) is 7.84. The molecule has 0 atom stereocenters. The number of carbonyl (C=O) groups excluding carboxylic acids is 2. The van der Waals surface area contributed by atoms with Gasteiger partial charge < -0.3 is 5.73 Å². The molecule has 1 heterocycles. The van der Waals surface area contributed by atoms with Crippen molar-refractivity contribution in [1.29, 1.82) is 0 Å². The minimum Gasteiger partial charge on any atom is -0.329 e. The van der Waals surface area contributed by atoms with E-state index in [0.717, 1.165) is 22.2 Å². The first-order valence-electron chi connectivity index (χ1n) is 5.75. The number of rotatable bonds is 4. The van der Waals surface area contributed by atoms with Gasteiger partial charge in [-0.2, -0.15) is 0 Å². The quantitative estimate of drug-likeness (QED) is 0.682. The number of nitrogens with zero attached hydrogens (tertiary/aromatic N) is 1. The highest BCUT2D eigenvalue weighted by Gasteiger charge is 2.34. The lowest BCUT2D eigenvalue weighted by Gasteiger charge is -2.09. The smallest absolute Gasteiger partial charge is 0.293 e. The maximum atomic E-state index is 12.0. The molecule has 1 aromatic carbocycles. The highest BCUT2D eigenvalue weighted by atomic mass is 32.2. The molecule has 1 aliphatic heterocycles. The second kappa shape index (κ2) is 6.27. The maximum absolute atomic E-state index is 12.0. The van der Waals surface area contributed by atoms with Crippen LogP contribution in [-0.2, 0) is 4.79 Å². The highest BCUT2D eigenvalue weighted by Crippen LogP contribution is 2.32. The normalized spacial score (nSPS) is 17.6. The predicted molar refractivity (Wildman–Crippen MR) is 80.0 cm³/mol. The summed E-state index contributed by atoms with van der Waals surface area (Å²) >= 11 is 2.62. The molecule has 0 spiro atoms. The van der Waals surface area contributed by atoms with Crippen LogP contribution in [0.25, 0.3) is 6.08 Å². The van der Waals surface area contributed by atoms with E-state index in [-0.39, 0.29) is 24.2 Å². The Hall–Kier alpha value is -1.24. The molecule has 4 nitrogen and oxygen atoms in total. The molecule has 0 aliphatic carbocycles. The molecule has 2 N–H and O–H groups in total. The first-order chi connectivity index (χ1) is 9.15. The van der Waals surface area contributed by atoms with Crippen molar-refractivity contribution in [2.24, 2.45) is 5.73 Å². The number of hydrogen-bond acceptors (Lipinski definition) is 5. The third-order valence-electron chi connectivity index (χ3n) is 2.64. The van der Waals surface area contributed by atoms with Crippen LogP contribution in [0.1, 0.15) is 5.56 Å². The van der Waals surface area contributed by atoms with Gasteiger partial charge in [-0.1, -0.05) is 12.1 Å². The van der Waals surface area contributed by atoms with Crippen LogP contribution in [0.3, 0.4) is 0 Å². The van der Waals surface area contributed by atoms with Crippen molar-refractivity contribution in [1.82, 2.24) is 4.90 Å². The molecule has 100 valence electrons. The predicted octanol–water partition coefficient (Wildman–Crippen LogP) is 2.40. The molecule has 1 fully saturated rings. The monoisotopic (exact) mass is 294 g/mol. The van der Waals surface area contributed by atoms with Crippen LogP contribution in [-0.4, -0.2) is 35.4 Å². The number of benzene rings is 1. The molecule has 0 saturated carbocycles. The molecule has 1 aromatic rings. The van der Waals surface area contributed by atoms with Crippen molar-refractivity contribution in [3.8, 4) is 0 Å². The van der Waals surface area contributed by atoms with Crippen molar-refractivity contribution >= 4 is 40.7 Å².